The third-order valence-corrected chi connectivity index (χ3v) is 6.07. The van der Waals surface area contributed by atoms with Gasteiger partial charge in [0.15, 0.2) is 0 Å². The number of hydrogen-bond acceptors (Lipinski definition) is 4. The van der Waals surface area contributed by atoms with Crippen LogP contribution in [0.25, 0.3) is 0 Å². The SMILES string of the molecule is CC1(C)CCCc2sc(C3CSCCN3)nc21. The molecule has 2 nitrogen and oxygen atoms in total. The first-order chi connectivity index (χ1) is 8.17. The first-order valence-electron chi connectivity index (χ1n) is 6.48. The monoisotopic (exact) mass is 268 g/mol. The van der Waals surface area contributed by atoms with Gasteiger partial charge in [0.05, 0.1) is 11.7 Å². The zero-order valence-electron chi connectivity index (χ0n) is 10.6. The van der Waals surface area contributed by atoms with Crippen LogP contribution in [0.15, 0.2) is 0 Å². The molecule has 0 amide bonds. The Bertz CT molecular complexity index is 406. The molecule has 1 saturated heterocycles. The van der Waals surface area contributed by atoms with Gasteiger partial charge < -0.3 is 5.32 Å². The van der Waals surface area contributed by atoms with E-state index in [1.54, 1.807) is 4.88 Å². The maximum Gasteiger partial charge on any atom is 0.111 e. The summed E-state index contributed by atoms with van der Waals surface area (Å²) in [5.74, 6) is 2.43. The molecule has 0 aromatic carbocycles. The summed E-state index contributed by atoms with van der Waals surface area (Å²) in [6, 6.07) is 0.500. The quantitative estimate of drug-likeness (QED) is 0.847. The van der Waals surface area contributed by atoms with Gasteiger partial charge in [-0.15, -0.1) is 11.3 Å². The Labute approximate surface area is 112 Å². The van der Waals surface area contributed by atoms with Crippen molar-refractivity contribution in [3.05, 3.63) is 15.6 Å². The number of aryl methyl sites for hydroxylation is 1. The summed E-state index contributed by atoms with van der Waals surface area (Å²) in [6.45, 7) is 5.82. The lowest BCUT2D eigenvalue weighted by atomic mass is 9.79. The van der Waals surface area contributed by atoms with E-state index in [-0.39, 0.29) is 0 Å². The van der Waals surface area contributed by atoms with Gasteiger partial charge in [0.1, 0.15) is 5.01 Å². The molecule has 1 atom stereocenters. The van der Waals surface area contributed by atoms with Crippen molar-refractivity contribution in [3.8, 4) is 0 Å². The van der Waals surface area contributed by atoms with E-state index in [1.165, 1.54) is 41.5 Å². The standard InChI is InChI=1S/C13H20N2S2/c1-13(2)5-3-4-10-11(13)15-12(17-10)9-8-16-7-6-14-9/h9,14H,3-8H2,1-2H3. The Balaban J connectivity index is 1.90. The predicted molar refractivity (Wildman–Crippen MR) is 76.1 cm³/mol. The largest absolute Gasteiger partial charge is 0.306 e. The third-order valence-electron chi connectivity index (χ3n) is 3.78. The van der Waals surface area contributed by atoms with Gasteiger partial charge in [-0.1, -0.05) is 13.8 Å². The summed E-state index contributed by atoms with van der Waals surface area (Å²) in [4.78, 5) is 6.52. The van der Waals surface area contributed by atoms with Crippen LogP contribution in [0.2, 0.25) is 0 Å². The Morgan fingerprint density at radius 3 is 3.00 bits per heavy atom. The smallest absolute Gasteiger partial charge is 0.111 e. The topological polar surface area (TPSA) is 24.9 Å². The van der Waals surface area contributed by atoms with E-state index in [1.807, 2.05) is 23.1 Å². The minimum Gasteiger partial charge on any atom is -0.306 e. The van der Waals surface area contributed by atoms with Crippen molar-refractivity contribution in [2.75, 3.05) is 18.1 Å². The van der Waals surface area contributed by atoms with E-state index in [9.17, 15) is 0 Å². The van der Waals surface area contributed by atoms with Crippen LogP contribution in [0.5, 0.6) is 0 Å². The van der Waals surface area contributed by atoms with Crippen molar-refractivity contribution in [1.29, 1.82) is 0 Å². The molecule has 1 aliphatic carbocycles. The predicted octanol–water partition coefficient (Wildman–Crippen LogP) is 3.13. The number of rotatable bonds is 1. The highest BCUT2D eigenvalue weighted by Gasteiger charge is 2.32. The maximum atomic E-state index is 4.97. The van der Waals surface area contributed by atoms with Gasteiger partial charge in [-0.05, 0) is 19.3 Å². The van der Waals surface area contributed by atoms with E-state index in [2.05, 4.69) is 19.2 Å². The second-order valence-corrected chi connectivity index (χ2v) is 7.91. The molecule has 1 N–H and O–H groups in total. The normalized spacial score (nSPS) is 27.8. The fraction of sp³-hybridized carbons (Fsp3) is 0.769. The highest BCUT2D eigenvalue weighted by molar-refractivity contribution is 7.99. The second-order valence-electron chi connectivity index (χ2n) is 5.64. The summed E-state index contributed by atoms with van der Waals surface area (Å²) >= 11 is 4.01. The molecule has 0 spiro atoms. The zero-order chi connectivity index (χ0) is 11.9. The zero-order valence-corrected chi connectivity index (χ0v) is 12.2. The molecule has 0 radical (unpaired) electrons. The minimum atomic E-state index is 0.296. The number of hydrogen-bond donors (Lipinski definition) is 1. The van der Waals surface area contributed by atoms with Gasteiger partial charge in [-0.2, -0.15) is 11.8 Å². The number of thiazole rings is 1. The summed E-state index contributed by atoms with van der Waals surface area (Å²) < 4.78 is 0. The molecular formula is C13H20N2S2. The van der Waals surface area contributed by atoms with Crippen molar-refractivity contribution in [2.45, 2.75) is 44.6 Å². The van der Waals surface area contributed by atoms with Gasteiger partial charge in [0.2, 0.25) is 0 Å². The van der Waals surface area contributed by atoms with Crippen LogP contribution in [-0.2, 0) is 11.8 Å². The summed E-state index contributed by atoms with van der Waals surface area (Å²) in [7, 11) is 0. The Morgan fingerprint density at radius 1 is 1.41 bits per heavy atom. The van der Waals surface area contributed by atoms with Crippen LogP contribution in [0.3, 0.4) is 0 Å². The molecule has 1 aromatic heterocycles. The lowest BCUT2D eigenvalue weighted by Gasteiger charge is -2.28. The van der Waals surface area contributed by atoms with Crippen LogP contribution in [0, 0.1) is 0 Å². The highest BCUT2D eigenvalue weighted by Crippen LogP contribution is 2.40. The highest BCUT2D eigenvalue weighted by atomic mass is 32.2. The average Bonchev–Trinajstić information content (AvgIpc) is 2.75. The Kier molecular flexibility index (Phi) is 3.22. The first kappa shape index (κ1) is 12.0. The molecule has 1 aliphatic heterocycles. The van der Waals surface area contributed by atoms with Gasteiger partial charge in [-0.25, -0.2) is 4.98 Å². The molecule has 2 heterocycles. The van der Waals surface area contributed by atoms with Crippen LogP contribution in [0.4, 0.5) is 0 Å². The molecule has 0 bridgehead atoms. The van der Waals surface area contributed by atoms with Crippen molar-refractivity contribution < 1.29 is 0 Å². The lowest BCUT2D eigenvalue weighted by Crippen LogP contribution is -2.30. The maximum absolute atomic E-state index is 4.97. The van der Waals surface area contributed by atoms with E-state index < -0.39 is 0 Å². The second kappa shape index (κ2) is 4.56. The summed E-state index contributed by atoms with van der Waals surface area (Å²) in [6.07, 6.45) is 3.86. The Morgan fingerprint density at radius 2 is 2.29 bits per heavy atom. The fourth-order valence-electron chi connectivity index (χ4n) is 2.75. The first-order valence-corrected chi connectivity index (χ1v) is 8.45. The minimum absolute atomic E-state index is 0.296. The van der Waals surface area contributed by atoms with Gasteiger partial charge >= 0.3 is 0 Å². The van der Waals surface area contributed by atoms with E-state index >= 15 is 0 Å². The molecule has 1 fully saturated rings. The molecular weight excluding hydrogens is 248 g/mol. The molecule has 17 heavy (non-hydrogen) atoms. The van der Waals surface area contributed by atoms with E-state index in [4.69, 9.17) is 4.98 Å². The van der Waals surface area contributed by atoms with Crippen molar-refractivity contribution >= 4 is 23.1 Å². The van der Waals surface area contributed by atoms with E-state index in [0.717, 1.165) is 6.54 Å². The molecule has 94 valence electrons. The van der Waals surface area contributed by atoms with Crippen LogP contribution in [0.1, 0.15) is 48.3 Å². The van der Waals surface area contributed by atoms with Crippen molar-refractivity contribution in [1.82, 2.24) is 10.3 Å². The van der Waals surface area contributed by atoms with Crippen LogP contribution in [-0.4, -0.2) is 23.0 Å². The van der Waals surface area contributed by atoms with Gasteiger partial charge in [0.25, 0.3) is 0 Å². The number of nitrogens with zero attached hydrogens (tertiary/aromatic N) is 1. The molecule has 3 rings (SSSR count). The van der Waals surface area contributed by atoms with Crippen molar-refractivity contribution in [2.24, 2.45) is 0 Å². The summed E-state index contributed by atoms with van der Waals surface area (Å²) in [5, 5.41) is 4.93. The third kappa shape index (κ3) is 2.27. The summed E-state index contributed by atoms with van der Waals surface area (Å²) in [5.41, 5.74) is 1.69. The van der Waals surface area contributed by atoms with Gasteiger partial charge in [0, 0.05) is 28.3 Å². The molecule has 1 unspecified atom stereocenters. The van der Waals surface area contributed by atoms with Gasteiger partial charge in [-0.3, -0.25) is 0 Å². The number of aromatic nitrogens is 1. The Hall–Kier alpha value is -0.0600. The van der Waals surface area contributed by atoms with Crippen LogP contribution >= 0.6 is 23.1 Å². The molecule has 0 saturated carbocycles. The fourth-order valence-corrected chi connectivity index (χ4v) is 5.16. The molecule has 4 heteroatoms. The number of thioether (sulfide) groups is 1. The number of nitrogens with one attached hydrogen (secondary N) is 1. The molecule has 2 aliphatic rings. The lowest BCUT2D eigenvalue weighted by molar-refractivity contribution is 0.422. The molecule has 1 aromatic rings. The van der Waals surface area contributed by atoms with Crippen molar-refractivity contribution in [3.63, 3.8) is 0 Å². The van der Waals surface area contributed by atoms with Crippen LogP contribution < -0.4 is 5.32 Å². The average molecular weight is 268 g/mol. The number of fused-ring (bicyclic) bond motifs is 1. The van der Waals surface area contributed by atoms with E-state index in [0.29, 0.717) is 11.5 Å².